The van der Waals surface area contributed by atoms with Crippen LogP contribution >= 0.6 is 0 Å². The summed E-state index contributed by atoms with van der Waals surface area (Å²) in [4.78, 5) is 2.40. The average molecular weight is 496 g/mol. The number of aryl methyl sites for hydroxylation is 1. The summed E-state index contributed by atoms with van der Waals surface area (Å²) in [6.45, 7) is 11.7. The lowest BCUT2D eigenvalue weighted by Crippen LogP contribution is -2.25. The molecule has 0 fully saturated rings. The van der Waals surface area contributed by atoms with Crippen LogP contribution in [0, 0.1) is 6.92 Å². The Kier molecular flexibility index (Phi) is 5.72. The van der Waals surface area contributed by atoms with Crippen molar-refractivity contribution in [1.29, 1.82) is 0 Å². The van der Waals surface area contributed by atoms with E-state index in [0.29, 0.717) is 0 Å². The molecular formula is C37H37N. The van der Waals surface area contributed by atoms with Gasteiger partial charge in [0.25, 0.3) is 0 Å². The van der Waals surface area contributed by atoms with Crippen molar-refractivity contribution in [3.8, 4) is 0 Å². The number of anilines is 1. The van der Waals surface area contributed by atoms with Crippen LogP contribution < -0.4 is 4.90 Å². The van der Waals surface area contributed by atoms with Crippen molar-refractivity contribution in [2.75, 3.05) is 11.9 Å². The highest BCUT2D eigenvalue weighted by Crippen LogP contribution is 2.51. The highest BCUT2D eigenvalue weighted by molar-refractivity contribution is 5.99. The van der Waals surface area contributed by atoms with Crippen LogP contribution in [0.15, 0.2) is 114 Å². The Morgan fingerprint density at radius 2 is 1.50 bits per heavy atom. The molecule has 38 heavy (non-hydrogen) atoms. The molecule has 4 aromatic carbocycles. The third-order valence-electron chi connectivity index (χ3n) is 9.07. The van der Waals surface area contributed by atoms with Gasteiger partial charge in [0, 0.05) is 29.0 Å². The topological polar surface area (TPSA) is 3.24 Å². The standard InChI is InChI=1S/C37H37N/c1-25-14-12-20-31-34(25)26(2)30(37(31,5)24-27-15-8-7-9-16-27)19-13-21-33-36(3,4)32-23-22-28-17-10-11-18-29(28)35(32)38(33)6/h7-23H,24H2,1-6H3/b19-13+,33-21+. The fraction of sp³-hybridized carbons (Fsp3) is 0.243. The van der Waals surface area contributed by atoms with E-state index in [0.717, 1.165) is 6.42 Å². The predicted octanol–water partition coefficient (Wildman–Crippen LogP) is 9.30. The highest BCUT2D eigenvalue weighted by atomic mass is 15.2. The van der Waals surface area contributed by atoms with Gasteiger partial charge in [-0.3, -0.25) is 0 Å². The van der Waals surface area contributed by atoms with Gasteiger partial charge in [0.15, 0.2) is 0 Å². The Balaban J connectivity index is 1.42. The first kappa shape index (κ1) is 24.5. The van der Waals surface area contributed by atoms with Crippen molar-refractivity contribution in [3.05, 3.63) is 142 Å². The van der Waals surface area contributed by atoms with E-state index >= 15 is 0 Å². The fourth-order valence-corrected chi connectivity index (χ4v) is 7.18. The molecule has 1 aliphatic heterocycles. The van der Waals surface area contributed by atoms with E-state index in [1.807, 2.05) is 0 Å². The van der Waals surface area contributed by atoms with E-state index in [2.05, 4.69) is 150 Å². The maximum atomic E-state index is 2.43. The second-order valence-electron chi connectivity index (χ2n) is 11.8. The molecule has 0 radical (unpaired) electrons. The summed E-state index contributed by atoms with van der Waals surface area (Å²) >= 11 is 0. The Morgan fingerprint density at radius 3 is 2.29 bits per heavy atom. The maximum Gasteiger partial charge on any atom is 0.0527 e. The van der Waals surface area contributed by atoms with E-state index in [1.165, 1.54) is 61.1 Å². The van der Waals surface area contributed by atoms with Gasteiger partial charge in [0.2, 0.25) is 0 Å². The number of likely N-dealkylation sites (N-methyl/N-ethyl adjacent to an activating group) is 1. The first-order chi connectivity index (χ1) is 18.2. The third kappa shape index (κ3) is 3.60. The molecule has 0 spiro atoms. The van der Waals surface area contributed by atoms with Crippen molar-refractivity contribution in [1.82, 2.24) is 0 Å². The van der Waals surface area contributed by atoms with Gasteiger partial charge in [0.1, 0.15) is 0 Å². The largest absolute Gasteiger partial charge is 0.347 e. The Morgan fingerprint density at radius 1 is 0.763 bits per heavy atom. The molecule has 1 unspecified atom stereocenters. The van der Waals surface area contributed by atoms with Gasteiger partial charge >= 0.3 is 0 Å². The zero-order valence-electron chi connectivity index (χ0n) is 23.5. The second kappa shape index (κ2) is 8.88. The molecule has 0 amide bonds. The average Bonchev–Trinajstić information content (AvgIpc) is 3.24. The summed E-state index contributed by atoms with van der Waals surface area (Å²) in [5.41, 5.74) is 12.4. The zero-order chi connectivity index (χ0) is 26.7. The number of rotatable bonds is 4. The molecule has 190 valence electrons. The van der Waals surface area contributed by atoms with Gasteiger partial charge in [-0.15, -0.1) is 0 Å². The number of hydrogen-bond acceptors (Lipinski definition) is 1. The SMILES string of the molecule is CC1=C(/C=C/C=C2/N(C)c3c(ccc4ccccc34)C2(C)C)C(C)(Cc2ccccc2)c2cccc(C)c21. The number of benzene rings is 4. The van der Waals surface area contributed by atoms with E-state index in [1.54, 1.807) is 0 Å². The van der Waals surface area contributed by atoms with E-state index in [-0.39, 0.29) is 10.8 Å². The molecule has 1 atom stereocenters. The Hall–Kier alpha value is -3.84. The highest BCUT2D eigenvalue weighted by Gasteiger charge is 2.41. The molecule has 1 aliphatic carbocycles. The van der Waals surface area contributed by atoms with Gasteiger partial charge in [-0.2, -0.15) is 0 Å². The lowest BCUT2D eigenvalue weighted by atomic mass is 9.74. The first-order valence-electron chi connectivity index (χ1n) is 13.7. The maximum absolute atomic E-state index is 2.43. The monoisotopic (exact) mass is 495 g/mol. The van der Waals surface area contributed by atoms with Crippen LogP contribution in [-0.2, 0) is 17.3 Å². The number of hydrogen-bond donors (Lipinski definition) is 0. The van der Waals surface area contributed by atoms with Crippen LogP contribution in [0.1, 0.15) is 55.5 Å². The summed E-state index contributed by atoms with van der Waals surface area (Å²) in [7, 11) is 2.22. The van der Waals surface area contributed by atoms with Crippen molar-refractivity contribution >= 4 is 22.0 Å². The van der Waals surface area contributed by atoms with Crippen molar-refractivity contribution in [2.45, 2.75) is 51.9 Å². The normalized spacial score (nSPS) is 21.1. The molecule has 1 nitrogen and oxygen atoms in total. The molecule has 1 heterocycles. The quantitative estimate of drug-likeness (QED) is 0.273. The Labute approximate surface area is 227 Å². The predicted molar refractivity (Wildman–Crippen MR) is 164 cm³/mol. The minimum Gasteiger partial charge on any atom is -0.347 e. The van der Waals surface area contributed by atoms with E-state index in [4.69, 9.17) is 0 Å². The molecule has 2 aliphatic rings. The van der Waals surface area contributed by atoms with Gasteiger partial charge in [-0.25, -0.2) is 0 Å². The summed E-state index contributed by atoms with van der Waals surface area (Å²) < 4.78 is 0. The van der Waals surface area contributed by atoms with Crippen LogP contribution in [-0.4, -0.2) is 7.05 Å². The van der Waals surface area contributed by atoms with Crippen molar-refractivity contribution in [2.24, 2.45) is 0 Å². The number of allylic oxidation sites excluding steroid dienone is 6. The summed E-state index contributed by atoms with van der Waals surface area (Å²) in [5, 5.41) is 2.62. The zero-order valence-corrected chi connectivity index (χ0v) is 23.5. The lowest BCUT2D eigenvalue weighted by Gasteiger charge is -2.29. The lowest BCUT2D eigenvalue weighted by molar-refractivity contribution is 0.577. The van der Waals surface area contributed by atoms with Gasteiger partial charge in [0.05, 0.1) is 5.69 Å². The van der Waals surface area contributed by atoms with E-state index < -0.39 is 0 Å². The minimum atomic E-state index is -0.0714. The fourth-order valence-electron chi connectivity index (χ4n) is 7.18. The molecule has 0 aromatic heterocycles. The molecule has 0 saturated heterocycles. The van der Waals surface area contributed by atoms with Crippen molar-refractivity contribution < 1.29 is 0 Å². The molecule has 0 saturated carbocycles. The minimum absolute atomic E-state index is 0.0650. The number of fused-ring (bicyclic) bond motifs is 4. The van der Waals surface area contributed by atoms with Crippen LogP contribution in [0.5, 0.6) is 0 Å². The van der Waals surface area contributed by atoms with Crippen LogP contribution in [0.2, 0.25) is 0 Å². The molecule has 1 heteroatoms. The third-order valence-corrected chi connectivity index (χ3v) is 9.07. The smallest absolute Gasteiger partial charge is 0.0527 e. The summed E-state index contributed by atoms with van der Waals surface area (Å²) in [6.07, 6.45) is 8.01. The molecule has 0 bridgehead atoms. The number of nitrogens with zero attached hydrogens (tertiary/aromatic N) is 1. The van der Waals surface area contributed by atoms with Crippen LogP contribution in [0.3, 0.4) is 0 Å². The molecule has 6 rings (SSSR count). The second-order valence-corrected chi connectivity index (χ2v) is 11.8. The van der Waals surface area contributed by atoms with Crippen molar-refractivity contribution in [3.63, 3.8) is 0 Å². The Bertz CT molecular complexity index is 1650. The first-order valence-corrected chi connectivity index (χ1v) is 13.7. The summed E-state index contributed by atoms with van der Waals surface area (Å²) in [6, 6.07) is 31.0. The van der Waals surface area contributed by atoms with Gasteiger partial charge in [-0.1, -0.05) is 118 Å². The van der Waals surface area contributed by atoms with Gasteiger partial charge < -0.3 is 4.90 Å². The van der Waals surface area contributed by atoms with E-state index in [9.17, 15) is 0 Å². The molecular weight excluding hydrogens is 458 g/mol. The molecule has 0 N–H and O–H groups in total. The summed E-state index contributed by atoms with van der Waals surface area (Å²) in [5.74, 6) is 0. The molecule has 4 aromatic rings. The van der Waals surface area contributed by atoms with Crippen LogP contribution in [0.25, 0.3) is 16.3 Å². The van der Waals surface area contributed by atoms with Gasteiger partial charge in [-0.05, 0) is 70.7 Å². The van der Waals surface area contributed by atoms with Crippen LogP contribution in [0.4, 0.5) is 5.69 Å².